The van der Waals surface area contributed by atoms with Crippen LogP contribution >= 0.6 is 0 Å². The molecule has 11 nitrogen and oxygen atoms in total. The maximum atomic E-state index is 6.88. The first-order chi connectivity index (χ1) is 23.4. The van der Waals surface area contributed by atoms with E-state index in [9.17, 15) is 0 Å². The van der Waals surface area contributed by atoms with E-state index in [1.165, 1.54) is 25.7 Å². The van der Waals surface area contributed by atoms with E-state index in [1.54, 1.807) is 0 Å². The summed E-state index contributed by atoms with van der Waals surface area (Å²) in [6.45, 7) is 27.9. The molecule has 290 valence electrons. The van der Waals surface area contributed by atoms with Gasteiger partial charge < -0.3 is 32.7 Å². The zero-order valence-corrected chi connectivity index (χ0v) is 34.4. The van der Waals surface area contributed by atoms with Gasteiger partial charge in [0, 0.05) is 47.3 Å². The largest absolute Gasteiger partial charge is 0.351 e. The monoisotopic (exact) mass is 702 g/mol. The molecule has 1 aromatic heterocycles. The lowest BCUT2D eigenvalue weighted by Crippen LogP contribution is -2.66. The van der Waals surface area contributed by atoms with Gasteiger partial charge in [-0.05, 0) is 139 Å². The molecule has 0 amide bonds. The molecule has 5 unspecified atom stereocenters. The van der Waals surface area contributed by atoms with Crippen molar-refractivity contribution >= 4 is 11.9 Å². The van der Waals surface area contributed by atoms with E-state index in [4.69, 9.17) is 26.4 Å². The smallest absolute Gasteiger partial charge is 0.228 e. The Morgan fingerprint density at radius 2 is 1.12 bits per heavy atom. The van der Waals surface area contributed by atoms with E-state index in [0.29, 0.717) is 36.1 Å². The first-order valence-corrected chi connectivity index (χ1v) is 20.1. The normalized spacial score (nSPS) is 26.8. The quantitative estimate of drug-likeness (QED) is 0.0925. The molecule has 2 saturated heterocycles. The highest BCUT2D eigenvalue weighted by molar-refractivity contribution is 5.38. The molecule has 5 atom stereocenters. The molecule has 50 heavy (non-hydrogen) atoms. The molecule has 1 aromatic rings. The molecular formula is C39H79N11. The minimum absolute atomic E-state index is 0.0184. The minimum atomic E-state index is -0.306. The lowest BCUT2D eigenvalue weighted by Gasteiger charge is -2.58. The molecule has 3 rings (SSSR count). The third-order valence-electron chi connectivity index (χ3n) is 12.8. The van der Waals surface area contributed by atoms with Gasteiger partial charge in [-0.15, -0.1) is 0 Å². The van der Waals surface area contributed by atoms with E-state index in [0.717, 1.165) is 64.7 Å². The Labute approximate surface area is 307 Å². The van der Waals surface area contributed by atoms with Crippen LogP contribution in [0.1, 0.15) is 145 Å². The standard InChI is InChI=1S/C39H79N11/c1-13-15-18-28-31(26-36(3,4)49(11)38(28,7)8)44-34-46-33(30(41)20-23-43-25-24-42-22-17-21-40)47-35(48-34)45-32-27-37(5,6)50(12)39(9,10)29(32)19-16-14-2/h28-32,42-43H,13-27,40-41H2,1-12H3,(H2,44,45,46,47,48). The first-order valence-electron chi connectivity index (χ1n) is 20.1. The van der Waals surface area contributed by atoms with Gasteiger partial charge in [0.1, 0.15) is 0 Å². The Morgan fingerprint density at radius 1 is 0.680 bits per heavy atom. The summed E-state index contributed by atoms with van der Waals surface area (Å²) in [6, 6.07) is 0.155. The van der Waals surface area contributed by atoms with Crippen LogP contribution in [-0.4, -0.2) is 106 Å². The summed E-state index contributed by atoms with van der Waals surface area (Å²) in [4.78, 5) is 20.4. The molecule has 0 bridgehead atoms. The van der Waals surface area contributed by atoms with Crippen LogP contribution in [0.3, 0.4) is 0 Å². The third kappa shape index (κ3) is 10.7. The van der Waals surface area contributed by atoms with Crippen molar-refractivity contribution in [3.63, 3.8) is 0 Å². The second-order valence-electron chi connectivity index (χ2n) is 17.8. The zero-order chi connectivity index (χ0) is 37.3. The van der Waals surface area contributed by atoms with Gasteiger partial charge in [0.05, 0.1) is 6.04 Å². The molecule has 8 N–H and O–H groups in total. The molecule has 2 aliphatic heterocycles. The number of nitrogens with zero attached hydrogens (tertiary/aromatic N) is 5. The Hall–Kier alpha value is -1.63. The van der Waals surface area contributed by atoms with Crippen molar-refractivity contribution in [2.24, 2.45) is 23.3 Å². The molecular weight excluding hydrogens is 623 g/mol. The Bertz CT molecular complexity index is 1080. The second kappa shape index (κ2) is 18.4. The van der Waals surface area contributed by atoms with E-state index < -0.39 is 0 Å². The van der Waals surface area contributed by atoms with Crippen molar-refractivity contribution in [1.29, 1.82) is 0 Å². The molecule has 0 radical (unpaired) electrons. The van der Waals surface area contributed by atoms with Crippen LogP contribution in [-0.2, 0) is 0 Å². The van der Waals surface area contributed by atoms with Crippen LogP contribution in [0.5, 0.6) is 0 Å². The topological polar surface area (TPSA) is 145 Å². The number of nitrogens with one attached hydrogen (secondary N) is 4. The Kier molecular flexibility index (Phi) is 15.8. The van der Waals surface area contributed by atoms with E-state index in [-0.39, 0.29) is 40.3 Å². The summed E-state index contributed by atoms with van der Waals surface area (Å²) in [5.41, 5.74) is 12.6. The molecule has 2 aliphatic rings. The van der Waals surface area contributed by atoms with Gasteiger partial charge in [-0.25, -0.2) is 0 Å². The fraction of sp³-hybridized carbons (Fsp3) is 0.923. The van der Waals surface area contributed by atoms with Gasteiger partial charge in [-0.2, -0.15) is 15.0 Å². The van der Waals surface area contributed by atoms with Crippen LogP contribution in [0.25, 0.3) is 0 Å². The second-order valence-corrected chi connectivity index (χ2v) is 17.8. The lowest BCUT2D eigenvalue weighted by molar-refractivity contribution is -0.0543. The van der Waals surface area contributed by atoms with E-state index >= 15 is 0 Å². The van der Waals surface area contributed by atoms with Gasteiger partial charge in [0.2, 0.25) is 11.9 Å². The van der Waals surface area contributed by atoms with Gasteiger partial charge in [-0.1, -0.05) is 39.5 Å². The van der Waals surface area contributed by atoms with Crippen molar-refractivity contribution in [3.8, 4) is 0 Å². The van der Waals surface area contributed by atoms with Crippen molar-refractivity contribution in [1.82, 2.24) is 35.4 Å². The van der Waals surface area contributed by atoms with Crippen LogP contribution in [0.4, 0.5) is 11.9 Å². The number of nitrogens with two attached hydrogens (primary N) is 2. The first kappa shape index (κ1) is 42.8. The van der Waals surface area contributed by atoms with Crippen LogP contribution in [0, 0.1) is 11.8 Å². The molecule has 2 fully saturated rings. The van der Waals surface area contributed by atoms with Gasteiger partial charge in [-0.3, -0.25) is 9.80 Å². The van der Waals surface area contributed by atoms with Crippen LogP contribution < -0.4 is 32.7 Å². The third-order valence-corrected chi connectivity index (χ3v) is 12.8. The number of hydrogen-bond acceptors (Lipinski definition) is 11. The number of hydrogen-bond donors (Lipinski definition) is 6. The molecule has 0 saturated carbocycles. The number of likely N-dealkylation sites (tertiary alicyclic amines) is 2. The number of rotatable bonds is 20. The highest BCUT2D eigenvalue weighted by Crippen LogP contribution is 2.45. The minimum Gasteiger partial charge on any atom is -0.351 e. The Morgan fingerprint density at radius 3 is 1.54 bits per heavy atom. The molecule has 0 spiro atoms. The number of piperidine rings is 2. The molecule has 3 heterocycles. The highest BCUT2D eigenvalue weighted by Gasteiger charge is 2.51. The van der Waals surface area contributed by atoms with Crippen LogP contribution in [0.15, 0.2) is 0 Å². The Balaban J connectivity index is 1.94. The lowest BCUT2D eigenvalue weighted by atomic mass is 9.68. The number of unbranched alkanes of at least 4 members (excludes halogenated alkanes) is 2. The summed E-state index contributed by atoms with van der Waals surface area (Å²) in [5, 5.41) is 14.8. The maximum absolute atomic E-state index is 6.88. The summed E-state index contributed by atoms with van der Waals surface area (Å²) in [7, 11) is 4.59. The van der Waals surface area contributed by atoms with Gasteiger partial charge in [0.25, 0.3) is 0 Å². The fourth-order valence-electron chi connectivity index (χ4n) is 9.00. The van der Waals surface area contributed by atoms with Crippen molar-refractivity contribution in [2.75, 3.05) is 57.5 Å². The summed E-state index contributed by atoms with van der Waals surface area (Å²) in [5.74, 6) is 2.83. The molecule has 0 aromatic carbocycles. The average molecular weight is 702 g/mol. The zero-order valence-electron chi connectivity index (χ0n) is 34.4. The molecule has 11 heteroatoms. The fourth-order valence-corrected chi connectivity index (χ4v) is 9.00. The van der Waals surface area contributed by atoms with Gasteiger partial charge >= 0.3 is 0 Å². The highest BCUT2D eigenvalue weighted by atomic mass is 15.3. The predicted octanol–water partition coefficient (Wildman–Crippen LogP) is 5.75. The summed E-state index contributed by atoms with van der Waals surface area (Å²) in [6.07, 6.45) is 10.9. The van der Waals surface area contributed by atoms with E-state index in [1.807, 2.05) is 0 Å². The van der Waals surface area contributed by atoms with Crippen LogP contribution in [0.2, 0.25) is 0 Å². The number of aromatic nitrogens is 3. The predicted molar refractivity (Wildman–Crippen MR) is 213 cm³/mol. The molecule has 0 aliphatic carbocycles. The number of anilines is 2. The van der Waals surface area contributed by atoms with Crippen molar-refractivity contribution < 1.29 is 0 Å². The van der Waals surface area contributed by atoms with E-state index in [2.05, 4.69) is 114 Å². The maximum Gasteiger partial charge on any atom is 0.228 e. The average Bonchev–Trinajstić information content (AvgIpc) is 3.03. The van der Waals surface area contributed by atoms with Crippen molar-refractivity contribution in [2.45, 2.75) is 174 Å². The van der Waals surface area contributed by atoms with Gasteiger partial charge in [0.15, 0.2) is 5.82 Å². The summed E-state index contributed by atoms with van der Waals surface area (Å²) < 4.78 is 0. The summed E-state index contributed by atoms with van der Waals surface area (Å²) >= 11 is 0. The SMILES string of the molecule is CCCCC1C(Nc2nc(NC3CC(C)(C)N(C)C(C)(C)C3CCCC)nc(C(N)CCNCCNCCCN)n2)CC(C)(C)N(C)C1(C)C. The van der Waals surface area contributed by atoms with Crippen molar-refractivity contribution in [3.05, 3.63) is 5.82 Å².